The maximum Gasteiger partial charge on any atom is 0.319 e. The van der Waals surface area contributed by atoms with Crippen molar-refractivity contribution in [2.45, 2.75) is 33.7 Å². The maximum atomic E-state index is 13.2. The molecule has 1 rings (SSSR count). The Morgan fingerprint density at radius 3 is 2.47 bits per heavy atom. The fraction of sp³-hybridized carbons (Fsp3) is 0.462. The first-order chi connectivity index (χ1) is 7.90. The number of hydrogen-bond donors (Lipinski definition) is 2. The Kier molecular flexibility index (Phi) is 4.49. The van der Waals surface area contributed by atoms with Gasteiger partial charge in [-0.15, -0.1) is 0 Å². The van der Waals surface area contributed by atoms with E-state index in [1.54, 1.807) is 19.1 Å². The topological polar surface area (TPSA) is 41.1 Å². The molecular formula is C13H19FN2O. The first-order valence-electron chi connectivity index (χ1n) is 5.74. The fourth-order valence-electron chi connectivity index (χ4n) is 1.21. The first-order valence-corrected chi connectivity index (χ1v) is 5.74. The van der Waals surface area contributed by atoms with Crippen molar-refractivity contribution in [3.8, 4) is 0 Å². The molecule has 0 heterocycles. The van der Waals surface area contributed by atoms with Crippen LogP contribution < -0.4 is 10.6 Å². The van der Waals surface area contributed by atoms with Gasteiger partial charge in [0.15, 0.2) is 0 Å². The van der Waals surface area contributed by atoms with E-state index in [-0.39, 0.29) is 17.9 Å². The van der Waals surface area contributed by atoms with E-state index in [9.17, 15) is 9.18 Å². The second-order valence-electron chi connectivity index (χ2n) is 4.60. The number of rotatable bonds is 3. The summed E-state index contributed by atoms with van der Waals surface area (Å²) in [4.78, 5) is 11.6. The van der Waals surface area contributed by atoms with Gasteiger partial charge in [0.1, 0.15) is 5.82 Å². The average Bonchev–Trinajstić information content (AvgIpc) is 2.23. The fourth-order valence-corrected chi connectivity index (χ4v) is 1.21. The van der Waals surface area contributed by atoms with E-state index in [1.807, 2.05) is 20.8 Å². The number of aryl methyl sites for hydroxylation is 1. The van der Waals surface area contributed by atoms with Gasteiger partial charge in [0.25, 0.3) is 0 Å². The molecule has 2 amide bonds. The number of hydrogen-bond acceptors (Lipinski definition) is 1. The molecule has 3 nitrogen and oxygen atoms in total. The lowest BCUT2D eigenvalue weighted by atomic mass is 10.1. The van der Waals surface area contributed by atoms with E-state index < -0.39 is 0 Å². The van der Waals surface area contributed by atoms with Crippen molar-refractivity contribution in [2.24, 2.45) is 5.92 Å². The zero-order valence-electron chi connectivity index (χ0n) is 10.7. The van der Waals surface area contributed by atoms with Crippen LogP contribution in [0.4, 0.5) is 14.9 Å². The third-order valence-corrected chi connectivity index (χ3v) is 2.79. The molecule has 0 aliphatic rings. The van der Waals surface area contributed by atoms with E-state index >= 15 is 0 Å². The van der Waals surface area contributed by atoms with Crippen LogP contribution >= 0.6 is 0 Å². The quantitative estimate of drug-likeness (QED) is 0.833. The van der Waals surface area contributed by atoms with E-state index in [1.165, 1.54) is 6.07 Å². The highest BCUT2D eigenvalue weighted by Gasteiger charge is 2.10. The Labute approximate surface area is 101 Å². The van der Waals surface area contributed by atoms with Crippen LogP contribution in [-0.4, -0.2) is 12.1 Å². The molecule has 2 N–H and O–H groups in total. The van der Waals surface area contributed by atoms with E-state index in [4.69, 9.17) is 0 Å². The molecule has 0 aliphatic heterocycles. The Morgan fingerprint density at radius 1 is 1.29 bits per heavy atom. The Hall–Kier alpha value is -1.58. The van der Waals surface area contributed by atoms with Crippen LogP contribution in [0.25, 0.3) is 0 Å². The summed E-state index contributed by atoms with van der Waals surface area (Å²) >= 11 is 0. The predicted octanol–water partition coefficient (Wildman–Crippen LogP) is 3.30. The number of nitrogens with one attached hydrogen (secondary N) is 2. The van der Waals surface area contributed by atoms with Gasteiger partial charge < -0.3 is 10.6 Å². The highest BCUT2D eigenvalue weighted by atomic mass is 19.1. The van der Waals surface area contributed by atoms with Gasteiger partial charge in [-0.2, -0.15) is 0 Å². The molecule has 0 spiro atoms. The molecule has 1 aromatic carbocycles. The lowest BCUT2D eigenvalue weighted by Gasteiger charge is -2.17. The second kappa shape index (κ2) is 5.66. The molecule has 0 bridgehead atoms. The largest absolute Gasteiger partial charge is 0.335 e. The van der Waals surface area contributed by atoms with E-state index in [2.05, 4.69) is 10.6 Å². The summed E-state index contributed by atoms with van der Waals surface area (Å²) in [6.07, 6.45) is 0. The molecule has 4 heteroatoms. The average molecular weight is 238 g/mol. The van der Waals surface area contributed by atoms with Crippen molar-refractivity contribution in [1.82, 2.24) is 5.32 Å². The van der Waals surface area contributed by atoms with Crippen molar-refractivity contribution in [1.29, 1.82) is 0 Å². The van der Waals surface area contributed by atoms with Gasteiger partial charge in [-0.3, -0.25) is 0 Å². The minimum absolute atomic E-state index is 0.0743. The number of amides is 2. The van der Waals surface area contributed by atoms with Crippen LogP contribution in [-0.2, 0) is 0 Å². The standard InChI is InChI=1S/C13H19FN2O/c1-8(2)10(4)15-13(17)16-11-6-5-9(3)12(14)7-11/h5-8,10H,1-4H3,(H2,15,16,17). The van der Waals surface area contributed by atoms with Crippen molar-refractivity contribution >= 4 is 11.7 Å². The van der Waals surface area contributed by atoms with Crippen LogP contribution in [0.1, 0.15) is 26.3 Å². The number of carbonyl (C=O) groups is 1. The number of benzene rings is 1. The van der Waals surface area contributed by atoms with Gasteiger partial charge in [0.05, 0.1) is 0 Å². The van der Waals surface area contributed by atoms with Gasteiger partial charge in [0.2, 0.25) is 0 Å². The third-order valence-electron chi connectivity index (χ3n) is 2.79. The second-order valence-corrected chi connectivity index (χ2v) is 4.60. The highest BCUT2D eigenvalue weighted by molar-refractivity contribution is 5.89. The Balaban J connectivity index is 2.59. The van der Waals surface area contributed by atoms with Crippen LogP contribution in [0.5, 0.6) is 0 Å². The monoisotopic (exact) mass is 238 g/mol. The Morgan fingerprint density at radius 2 is 1.94 bits per heavy atom. The first kappa shape index (κ1) is 13.5. The zero-order chi connectivity index (χ0) is 13.0. The molecule has 0 saturated carbocycles. The molecule has 0 fully saturated rings. The summed E-state index contributed by atoms with van der Waals surface area (Å²) in [7, 11) is 0. The molecular weight excluding hydrogens is 219 g/mol. The van der Waals surface area contributed by atoms with E-state index in [0.717, 1.165) is 0 Å². The molecule has 1 atom stereocenters. The summed E-state index contributed by atoms with van der Waals surface area (Å²) in [6.45, 7) is 7.66. The number of carbonyl (C=O) groups excluding carboxylic acids is 1. The lowest BCUT2D eigenvalue weighted by molar-refractivity contribution is 0.246. The van der Waals surface area contributed by atoms with Crippen LogP contribution in [0.2, 0.25) is 0 Å². The van der Waals surface area contributed by atoms with Gasteiger partial charge in [-0.1, -0.05) is 19.9 Å². The molecule has 0 radical (unpaired) electrons. The molecule has 94 valence electrons. The molecule has 0 aromatic heterocycles. The number of halogens is 1. The number of anilines is 1. The Bertz CT molecular complexity index is 404. The van der Waals surface area contributed by atoms with Gasteiger partial charge in [-0.05, 0) is 37.5 Å². The number of urea groups is 1. The van der Waals surface area contributed by atoms with Crippen molar-refractivity contribution in [3.63, 3.8) is 0 Å². The summed E-state index contributed by atoms with van der Waals surface area (Å²) in [6, 6.07) is 4.39. The summed E-state index contributed by atoms with van der Waals surface area (Å²) in [5.74, 6) is 0.0372. The lowest BCUT2D eigenvalue weighted by Crippen LogP contribution is -2.39. The molecule has 0 aliphatic carbocycles. The third kappa shape index (κ3) is 4.06. The zero-order valence-corrected chi connectivity index (χ0v) is 10.7. The smallest absolute Gasteiger partial charge is 0.319 e. The summed E-state index contributed by atoms with van der Waals surface area (Å²) < 4.78 is 13.2. The van der Waals surface area contributed by atoms with Gasteiger partial charge >= 0.3 is 6.03 Å². The molecule has 17 heavy (non-hydrogen) atoms. The van der Waals surface area contributed by atoms with Crippen molar-refractivity contribution in [2.75, 3.05) is 5.32 Å². The van der Waals surface area contributed by atoms with Crippen LogP contribution in [0.15, 0.2) is 18.2 Å². The molecule has 0 saturated heterocycles. The molecule has 1 unspecified atom stereocenters. The summed E-state index contributed by atoms with van der Waals surface area (Å²) in [5.41, 5.74) is 1.02. The van der Waals surface area contributed by atoms with Crippen LogP contribution in [0.3, 0.4) is 0 Å². The SMILES string of the molecule is Cc1ccc(NC(=O)NC(C)C(C)C)cc1F. The minimum Gasteiger partial charge on any atom is -0.335 e. The maximum absolute atomic E-state index is 13.2. The predicted molar refractivity (Wildman–Crippen MR) is 67.6 cm³/mol. The molecule has 1 aromatic rings. The summed E-state index contributed by atoms with van der Waals surface area (Å²) in [5, 5.41) is 5.40. The normalized spacial score (nSPS) is 12.4. The van der Waals surface area contributed by atoms with Gasteiger partial charge in [-0.25, -0.2) is 9.18 Å². The van der Waals surface area contributed by atoms with E-state index in [0.29, 0.717) is 17.2 Å². The minimum atomic E-state index is -0.320. The van der Waals surface area contributed by atoms with Crippen LogP contribution in [0, 0.1) is 18.7 Å². The van der Waals surface area contributed by atoms with Crippen molar-refractivity contribution in [3.05, 3.63) is 29.6 Å². The van der Waals surface area contributed by atoms with Crippen molar-refractivity contribution < 1.29 is 9.18 Å². The van der Waals surface area contributed by atoms with Gasteiger partial charge in [0, 0.05) is 11.7 Å². The highest BCUT2D eigenvalue weighted by Crippen LogP contribution is 2.13.